The number of hydrogen-bond donors (Lipinski definition) is 2. The van der Waals surface area contributed by atoms with Gasteiger partial charge in [0, 0.05) is 6.07 Å². The van der Waals surface area contributed by atoms with Gasteiger partial charge < -0.3 is 14.3 Å². The van der Waals surface area contributed by atoms with Crippen molar-refractivity contribution in [1.82, 2.24) is 4.72 Å². The summed E-state index contributed by atoms with van der Waals surface area (Å²) in [5.74, 6) is -2.52. The summed E-state index contributed by atoms with van der Waals surface area (Å²) in [5.41, 5.74) is -0.0794. The van der Waals surface area contributed by atoms with Crippen LogP contribution in [0.2, 0.25) is 0 Å². The summed E-state index contributed by atoms with van der Waals surface area (Å²) < 4.78 is 35.1. The van der Waals surface area contributed by atoms with Crippen LogP contribution in [0.3, 0.4) is 0 Å². The summed E-state index contributed by atoms with van der Waals surface area (Å²) in [4.78, 5) is 22.2. The van der Waals surface area contributed by atoms with Crippen molar-refractivity contribution in [1.29, 1.82) is 0 Å². The quantitative estimate of drug-likeness (QED) is 0.731. The van der Waals surface area contributed by atoms with Crippen molar-refractivity contribution in [2.24, 2.45) is 5.92 Å². The van der Waals surface area contributed by atoms with Crippen molar-refractivity contribution in [2.45, 2.75) is 25.0 Å². The van der Waals surface area contributed by atoms with Gasteiger partial charge in [0.05, 0.1) is 12.7 Å². The molecule has 0 aromatic carbocycles. The summed E-state index contributed by atoms with van der Waals surface area (Å²) >= 11 is 0. The number of hydrogen-bond acceptors (Lipinski definition) is 6. The van der Waals surface area contributed by atoms with E-state index < -0.39 is 39.0 Å². The number of methoxy groups -OCH3 is 1. The second kappa shape index (κ2) is 6.06. The normalized spacial score (nSPS) is 13.2. The Morgan fingerprint density at radius 1 is 1.40 bits per heavy atom. The van der Waals surface area contributed by atoms with Crippen LogP contribution in [0, 0.1) is 5.92 Å². The Hall–Kier alpha value is -1.87. The standard InChI is InChI=1S/C11H15NO7S/c1-6(2)9(10(13)14)12-20(16,17)8-4-7(5-19-8)11(15)18-3/h4-6,9,12H,1-3H3,(H,13,14). The number of carboxylic acids is 1. The molecule has 112 valence electrons. The van der Waals surface area contributed by atoms with Gasteiger partial charge in [-0.3, -0.25) is 4.79 Å². The number of carboxylic acid groups (broad SMARTS) is 1. The average molecular weight is 305 g/mol. The summed E-state index contributed by atoms with van der Waals surface area (Å²) in [7, 11) is -3.04. The van der Waals surface area contributed by atoms with Gasteiger partial charge in [0.15, 0.2) is 0 Å². The van der Waals surface area contributed by atoms with Crippen molar-refractivity contribution in [3.05, 3.63) is 17.9 Å². The Morgan fingerprint density at radius 2 is 2.00 bits per heavy atom. The van der Waals surface area contributed by atoms with Gasteiger partial charge in [-0.25, -0.2) is 13.2 Å². The Bertz CT molecular complexity index is 602. The van der Waals surface area contributed by atoms with Crippen molar-refractivity contribution < 1.29 is 32.3 Å². The average Bonchev–Trinajstić information content (AvgIpc) is 2.84. The maximum Gasteiger partial charge on any atom is 0.341 e. The highest BCUT2D eigenvalue weighted by atomic mass is 32.2. The van der Waals surface area contributed by atoms with E-state index in [-0.39, 0.29) is 5.56 Å². The summed E-state index contributed by atoms with van der Waals surface area (Å²) in [5, 5.41) is 8.40. The highest BCUT2D eigenvalue weighted by Crippen LogP contribution is 2.16. The number of aliphatic carboxylic acids is 1. The maximum atomic E-state index is 12.0. The minimum Gasteiger partial charge on any atom is -0.480 e. The number of nitrogens with one attached hydrogen (secondary N) is 1. The second-order valence-electron chi connectivity index (χ2n) is 4.33. The Kier molecular flexibility index (Phi) is 4.90. The number of furan rings is 1. The predicted octanol–water partition coefficient (Wildman–Crippen LogP) is 0.454. The van der Waals surface area contributed by atoms with Gasteiger partial charge >= 0.3 is 11.9 Å². The fourth-order valence-electron chi connectivity index (χ4n) is 1.38. The van der Waals surface area contributed by atoms with Crippen molar-refractivity contribution in [3.8, 4) is 0 Å². The zero-order valence-electron chi connectivity index (χ0n) is 11.1. The minimum absolute atomic E-state index is 0.0794. The van der Waals surface area contributed by atoms with Crippen LogP contribution >= 0.6 is 0 Å². The van der Waals surface area contributed by atoms with Crippen LogP contribution in [0.4, 0.5) is 0 Å². The fraction of sp³-hybridized carbons (Fsp3) is 0.455. The van der Waals surface area contributed by atoms with Crippen LogP contribution in [0.5, 0.6) is 0 Å². The lowest BCUT2D eigenvalue weighted by molar-refractivity contribution is -0.140. The van der Waals surface area contributed by atoms with Gasteiger partial charge in [0.25, 0.3) is 10.0 Å². The molecule has 1 heterocycles. The van der Waals surface area contributed by atoms with Crippen LogP contribution in [0.1, 0.15) is 24.2 Å². The largest absolute Gasteiger partial charge is 0.480 e. The summed E-state index contributed by atoms with van der Waals surface area (Å²) in [6.07, 6.45) is 0.922. The molecule has 1 atom stereocenters. The third-order valence-electron chi connectivity index (χ3n) is 2.48. The first-order chi connectivity index (χ1) is 9.19. The van der Waals surface area contributed by atoms with Crippen LogP contribution in [-0.2, 0) is 19.6 Å². The molecule has 9 heteroatoms. The van der Waals surface area contributed by atoms with Crippen molar-refractivity contribution in [3.63, 3.8) is 0 Å². The molecule has 1 rings (SSSR count). The van der Waals surface area contributed by atoms with E-state index >= 15 is 0 Å². The van der Waals surface area contributed by atoms with Gasteiger partial charge in [0.2, 0.25) is 5.09 Å². The molecule has 0 aliphatic rings. The molecule has 0 aliphatic heterocycles. The molecule has 0 fully saturated rings. The lowest BCUT2D eigenvalue weighted by atomic mass is 10.1. The molecule has 0 saturated carbocycles. The van der Waals surface area contributed by atoms with E-state index in [1.807, 2.05) is 4.72 Å². The predicted molar refractivity (Wildman–Crippen MR) is 66.6 cm³/mol. The highest BCUT2D eigenvalue weighted by Gasteiger charge is 2.30. The lowest BCUT2D eigenvalue weighted by Crippen LogP contribution is -2.44. The van der Waals surface area contributed by atoms with E-state index in [1.54, 1.807) is 13.8 Å². The lowest BCUT2D eigenvalue weighted by Gasteiger charge is -2.16. The second-order valence-corrected chi connectivity index (χ2v) is 5.97. The fourth-order valence-corrected chi connectivity index (χ4v) is 2.66. The van der Waals surface area contributed by atoms with Crippen LogP contribution in [-0.4, -0.2) is 38.6 Å². The first-order valence-electron chi connectivity index (χ1n) is 5.61. The Balaban J connectivity index is 3.02. The number of carbonyl (C=O) groups is 2. The molecule has 20 heavy (non-hydrogen) atoms. The highest BCUT2D eigenvalue weighted by molar-refractivity contribution is 7.89. The smallest absolute Gasteiger partial charge is 0.341 e. The first-order valence-corrected chi connectivity index (χ1v) is 7.09. The molecule has 0 aliphatic carbocycles. The third-order valence-corrected chi connectivity index (χ3v) is 3.78. The number of carbonyl (C=O) groups excluding carboxylic acids is 1. The van der Waals surface area contributed by atoms with E-state index in [0.29, 0.717) is 0 Å². The number of sulfonamides is 1. The molecule has 2 N–H and O–H groups in total. The van der Waals surface area contributed by atoms with Crippen LogP contribution < -0.4 is 4.72 Å². The monoisotopic (exact) mass is 305 g/mol. The SMILES string of the molecule is COC(=O)c1coc(S(=O)(=O)NC(C(=O)O)C(C)C)c1. The molecule has 1 aromatic rings. The molecule has 0 saturated heterocycles. The molecule has 1 aromatic heterocycles. The number of rotatable bonds is 6. The number of esters is 1. The van der Waals surface area contributed by atoms with Crippen molar-refractivity contribution >= 4 is 22.0 Å². The van der Waals surface area contributed by atoms with E-state index in [2.05, 4.69) is 4.74 Å². The molecular formula is C11H15NO7S. The third kappa shape index (κ3) is 3.58. The zero-order valence-corrected chi connectivity index (χ0v) is 11.9. The van der Waals surface area contributed by atoms with Crippen LogP contribution in [0.25, 0.3) is 0 Å². The van der Waals surface area contributed by atoms with E-state index in [4.69, 9.17) is 9.52 Å². The van der Waals surface area contributed by atoms with Crippen LogP contribution in [0.15, 0.2) is 21.8 Å². The van der Waals surface area contributed by atoms with E-state index in [9.17, 15) is 18.0 Å². The number of ether oxygens (including phenoxy) is 1. The molecule has 0 amide bonds. The van der Waals surface area contributed by atoms with Gasteiger partial charge in [-0.2, -0.15) is 4.72 Å². The molecule has 0 bridgehead atoms. The molecule has 1 unspecified atom stereocenters. The van der Waals surface area contributed by atoms with Gasteiger partial charge in [-0.15, -0.1) is 0 Å². The first kappa shape index (κ1) is 16.2. The molecular weight excluding hydrogens is 290 g/mol. The van der Waals surface area contributed by atoms with E-state index in [0.717, 1.165) is 19.4 Å². The topological polar surface area (TPSA) is 123 Å². The summed E-state index contributed by atoms with van der Waals surface area (Å²) in [6, 6.07) is -0.334. The van der Waals surface area contributed by atoms with E-state index in [1.165, 1.54) is 0 Å². The zero-order chi connectivity index (χ0) is 15.5. The van der Waals surface area contributed by atoms with Gasteiger partial charge in [-0.1, -0.05) is 13.8 Å². The molecule has 0 spiro atoms. The minimum atomic E-state index is -4.18. The molecule has 0 radical (unpaired) electrons. The Morgan fingerprint density at radius 3 is 2.45 bits per heavy atom. The summed E-state index contributed by atoms with van der Waals surface area (Å²) in [6.45, 7) is 3.12. The Labute approximate surface area is 115 Å². The molecule has 8 nitrogen and oxygen atoms in total. The van der Waals surface area contributed by atoms with Gasteiger partial charge in [0.1, 0.15) is 12.3 Å². The van der Waals surface area contributed by atoms with Gasteiger partial charge in [-0.05, 0) is 5.92 Å². The van der Waals surface area contributed by atoms with Crippen molar-refractivity contribution in [2.75, 3.05) is 7.11 Å². The maximum absolute atomic E-state index is 12.0.